The van der Waals surface area contributed by atoms with Gasteiger partial charge in [0.25, 0.3) is 0 Å². The number of carbonyl (C=O) groups excluding carboxylic acids is 1. The van der Waals surface area contributed by atoms with Crippen molar-refractivity contribution in [1.29, 1.82) is 0 Å². The van der Waals surface area contributed by atoms with E-state index in [4.69, 9.17) is 0 Å². The lowest BCUT2D eigenvalue weighted by Crippen LogP contribution is -2.36. The lowest BCUT2D eigenvalue weighted by atomic mass is 9.96. The fraction of sp³-hybridized carbons (Fsp3) is 0.316. The number of carbonyl (C=O) groups is 1. The molecular formula is C19H23N5O4S. The summed E-state index contributed by atoms with van der Waals surface area (Å²) in [5.74, 6) is -0.0717. The molecular weight excluding hydrogens is 394 g/mol. The number of amides is 1. The molecule has 9 nitrogen and oxygen atoms in total. The lowest BCUT2D eigenvalue weighted by Gasteiger charge is -2.21. The molecule has 2 heterocycles. The number of aliphatic hydroxyl groups excluding tert-OH is 1. The minimum atomic E-state index is -3.73. The van der Waals surface area contributed by atoms with Crippen LogP contribution in [0.1, 0.15) is 20.8 Å². The molecule has 0 saturated heterocycles. The fourth-order valence-corrected chi connectivity index (χ4v) is 3.82. The van der Waals surface area contributed by atoms with Gasteiger partial charge in [-0.3, -0.25) is 10.1 Å². The van der Waals surface area contributed by atoms with E-state index >= 15 is 0 Å². The topological polar surface area (TPSA) is 126 Å². The minimum Gasteiger partial charge on any atom is -0.396 e. The van der Waals surface area contributed by atoms with Gasteiger partial charge in [-0.2, -0.15) is 4.98 Å². The van der Waals surface area contributed by atoms with E-state index in [0.29, 0.717) is 11.2 Å². The second-order valence-corrected chi connectivity index (χ2v) is 9.28. The predicted molar refractivity (Wildman–Crippen MR) is 109 cm³/mol. The first-order chi connectivity index (χ1) is 13.6. The number of fused-ring (bicyclic) bond motifs is 1. The number of hydrogen-bond donors (Lipinski definition) is 3. The molecule has 10 heteroatoms. The van der Waals surface area contributed by atoms with E-state index < -0.39 is 15.4 Å². The van der Waals surface area contributed by atoms with E-state index in [1.807, 2.05) is 0 Å². The lowest BCUT2D eigenvalue weighted by molar-refractivity contribution is -0.114. The van der Waals surface area contributed by atoms with Gasteiger partial charge in [-0.05, 0) is 29.8 Å². The number of rotatable bonds is 7. The van der Waals surface area contributed by atoms with Crippen molar-refractivity contribution in [2.75, 3.05) is 18.5 Å². The molecule has 3 N–H and O–H groups in total. The van der Waals surface area contributed by atoms with Crippen LogP contribution in [-0.4, -0.2) is 47.2 Å². The van der Waals surface area contributed by atoms with Gasteiger partial charge in [0.1, 0.15) is 0 Å². The second kappa shape index (κ2) is 7.90. The Morgan fingerprint density at radius 3 is 2.66 bits per heavy atom. The highest BCUT2D eigenvalue weighted by Gasteiger charge is 2.22. The Morgan fingerprint density at radius 1 is 1.21 bits per heavy atom. The first-order valence-corrected chi connectivity index (χ1v) is 10.4. The quantitative estimate of drug-likeness (QED) is 0.537. The Hall–Kier alpha value is -2.82. The number of sulfonamides is 1. The van der Waals surface area contributed by atoms with E-state index in [9.17, 15) is 18.3 Å². The summed E-state index contributed by atoms with van der Waals surface area (Å²) in [6.45, 7) is 4.91. The van der Waals surface area contributed by atoms with Gasteiger partial charge in [0.2, 0.25) is 21.9 Å². The van der Waals surface area contributed by atoms with Crippen LogP contribution in [0.15, 0.2) is 47.5 Å². The first-order valence-electron chi connectivity index (χ1n) is 8.95. The summed E-state index contributed by atoms with van der Waals surface area (Å²) in [6.07, 6.45) is 1.71. The van der Waals surface area contributed by atoms with Crippen molar-refractivity contribution in [3.05, 3.63) is 42.6 Å². The molecule has 0 aliphatic carbocycles. The maximum Gasteiger partial charge on any atom is 0.249 e. The Balaban J connectivity index is 1.89. The Morgan fingerprint density at radius 2 is 1.97 bits per heavy atom. The Kier molecular flexibility index (Phi) is 5.69. The van der Waals surface area contributed by atoms with E-state index in [1.54, 1.807) is 50.4 Å². The Bertz CT molecular complexity index is 1150. The molecule has 0 unspecified atom stereocenters. The standard InChI is InChI=1S/C19H23N5O4S/c1-13(26)21-18-22-17-8-7-15(10-24(17)23-18)14-5-4-6-16(9-14)29(27,28)20-11-19(2,3)12-25/h4-10,20,25H,11-12H2,1-3H3,(H,21,23,26). The summed E-state index contributed by atoms with van der Waals surface area (Å²) in [5, 5.41) is 16.0. The van der Waals surface area contributed by atoms with Gasteiger partial charge in [0.15, 0.2) is 5.65 Å². The van der Waals surface area contributed by atoms with E-state index in [-0.39, 0.29) is 29.9 Å². The van der Waals surface area contributed by atoms with E-state index in [2.05, 4.69) is 20.1 Å². The molecule has 1 aromatic carbocycles. The Labute approximate surface area is 168 Å². The van der Waals surface area contributed by atoms with Gasteiger partial charge < -0.3 is 5.11 Å². The minimum absolute atomic E-state index is 0.118. The fourth-order valence-electron chi connectivity index (χ4n) is 2.54. The molecule has 0 aliphatic rings. The second-order valence-electron chi connectivity index (χ2n) is 7.51. The zero-order valence-corrected chi connectivity index (χ0v) is 17.2. The van der Waals surface area contributed by atoms with Gasteiger partial charge in [-0.1, -0.05) is 26.0 Å². The van der Waals surface area contributed by atoms with Gasteiger partial charge in [-0.25, -0.2) is 17.7 Å². The summed E-state index contributed by atoms with van der Waals surface area (Å²) in [5.41, 5.74) is 1.42. The third-order valence-electron chi connectivity index (χ3n) is 4.27. The number of hydrogen-bond acceptors (Lipinski definition) is 6. The molecule has 0 aliphatic heterocycles. The number of benzene rings is 1. The van der Waals surface area contributed by atoms with Crippen LogP contribution in [0.5, 0.6) is 0 Å². The highest BCUT2D eigenvalue weighted by Crippen LogP contribution is 2.24. The van der Waals surface area contributed by atoms with Crippen molar-refractivity contribution < 1.29 is 18.3 Å². The molecule has 0 fully saturated rings. The predicted octanol–water partition coefficient (Wildman–Crippen LogP) is 1.65. The van der Waals surface area contributed by atoms with Crippen LogP contribution in [-0.2, 0) is 14.8 Å². The van der Waals surface area contributed by atoms with Gasteiger partial charge in [-0.15, -0.1) is 5.10 Å². The van der Waals surface area contributed by atoms with Crippen LogP contribution >= 0.6 is 0 Å². The molecule has 0 spiro atoms. The van der Waals surface area contributed by atoms with Gasteiger partial charge in [0.05, 0.1) is 4.90 Å². The molecule has 154 valence electrons. The van der Waals surface area contributed by atoms with Crippen LogP contribution in [0.2, 0.25) is 0 Å². The zero-order chi connectivity index (χ0) is 21.2. The number of anilines is 1. The summed E-state index contributed by atoms with van der Waals surface area (Å²) < 4.78 is 29.3. The van der Waals surface area contributed by atoms with Crippen LogP contribution < -0.4 is 10.0 Å². The monoisotopic (exact) mass is 417 g/mol. The molecule has 0 saturated carbocycles. The highest BCUT2D eigenvalue weighted by molar-refractivity contribution is 7.89. The third-order valence-corrected chi connectivity index (χ3v) is 5.66. The number of nitrogens with one attached hydrogen (secondary N) is 2. The largest absolute Gasteiger partial charge is 0.396 e. The van der Waals surface area contributed by atoms with Crippen molar-refractivity contribution in [3.63, 3.8) is 0 Å². The summed E-state index contributed by atoms with van der Waals surface area (Å²) in [7, 11) is -3.73. The molecule has 0 atom stereocenters. The van der Waals surface area contributed by atoms with Crippen molar-refractivity contribution in [1.82, 2.24) is 19.3 Å². The molecule has 0 radical (unpaired) electrons. The maximum atomic E-state index is 12.6. The molecule has 0 bridgehead atoms. The van der Waals surface area contributed by atoms with Crippen LogP contribution in [0, 0.1) is 5.41 Å². The smallest absolute Gasteiger partial charge is 0.249 e. The van der Waals surface area contributed by atoms with Crippen molar-refractivity contribution >= 4 is 27.5 Å². The van der Waals surface area contributed by atoms with Crippen LogP contribution in [0.25, 0.3) is 16.8 Å². The van der Waals surface area contributed by atoms with Crippen molar-refractivity contribution in [3.8, 4) is 11.1 Å². The SMILES string of the molecule is CC(=O)Nc1nc2ccc(-c3cccc(S(=O)(=O)NCC(C)(C)CO)c3)cn2n1. The first kappa shape index (κ1) is 20.9. The van der Waals surface area contributed by atoms with Crippen molar-refractivity contribution in [2.45, 2.75) is 25.7 Å². The average molecular weight is 417 g/mol. The van der Waals surface area contributed by atoms with Crippen molar-refractivity contribution in [2.24, 2.45) is 5.41 Å². The number of aromatic nitrogens is 3. The van der Waals surface area contributed by atoms with E-state index in [1.165, 1.54) is 17.5 Å². The summed E-state index contributed by atoms with van der Waals surface area (Å²) in [4.78, 5) is 15.5. The number of aliphatic hydroxyl groups is 1. The van der Waals surface area contributed by atoms with E-state index in [0.717, 1.165) is 5.56 Å². The molecule has 29 heavy (non-hydrogen) atoms. The molecule has 3 aromatic rings. The molecule has 1 amide bonds. The molecule has 2 aromatic heterocycles. The highest BCUT2D eigenvalue weighted by atomic mass is 32.2. The number of nitrogens with zero attached hydrogens (tertiary/aromatic N) is 3. The average Bonchev–Trinajstić information content (AvgIpc) is 3.07. The third kappa shape index (κ3) is 4.97. The van der Waals surface area contributed by atoms with Crippen LogP contribution in [0.4, 0.5) is 5.95 Å². The zero-order valence-electron chi connectivity index (χ0n) is 16.4. The normalized spacial score (nSPS) is 12.3. The summed E-state index contributed by atoms with van der Waals surface area (Å²) >= 11 is 0. The molecule has 3 rings (SSSR count). The van der Waals surface area contributed by atoms with Gasteiger partial charge in [0, 0.05) is 37.3 Å². The van der Waals surface area contributed by atoms with Gasteiger partial charge >= 0.3 is 0 Å². The summed E-state index contributed by atoms with van der Waals surface area (Å²) in [6, 6.07) is 10.1. The number of pyridine rings is 1. The van der Waals surface area contributed by atoms with Crippen LogP contribution in [0.3, 0.4) is 0 Å². The maximum absolute atomic E-state index is 12.6.